The largest absolute Gasteiger partial charge is 0.497 e. The Labute approximate surface area is 213 Å². The second kappa shape index (κ2) is 8.63. The zero-order valence-corrected chi connectivity index (χ0v) is 20.9. The molecule has 1 aromatic heterocycles. The van der Waals surface area contributed by atoms with Crippen LogP contribution in [0.15, 0.2) is 60.7 Å². The molecular weight excluding hydrogens is 470 g/mol. The first-order valence-corrected chi connectivity index (χ1v) is 12.1. The fraction of sp³-hybridized carbons (Fsp3) is 0.250. The summed E-state index contributed by atoms with van der Waals surface area (Å²) in [7, 11) is 3.52. The smallest absolute Gasteiger partial charge is 0.339 e. The lowest BCUT2D eigenvalue weighted by Gasteiger charge is -2.40. The van der Waals surface area contributed by atoms with E-state index in [0.717, 1.165) is 38.9 Å². The van der Waals surface area contributed by atoms with Gasteiger partial charge >= 0.3 is 6.03 Å². The minimum Gasteiger partial charge on any atom is -0.497 e. The van der Waals surface area contributed by atoms with Crippen molar-refractivity contribution in [3.63, 3.8) is 0 Å². The molecule has 3 heterocycles. The van der Waals surface area contributed by atoms with Gasteiger partial charge in [0.05, 0.1) is 24.9 Å². The van der Waals surface area contributed by atoms with Crippen molar-refractivity contribution in [2.45, 2.75) is 19.0 Å². The molecule has 2 aliphatic rings. The second-order valence-electron chi connectivity index (χ2n) is 9.63. The molecule has 6 rings (SSSR count). The maximum absolute atomic E-state index is 13.3. The Morgan fingerprint density at radius 3 is 2.59 bits per heavy atom. The number of nitrogens with zero attached hydrogens (tertiary/aromatic N) is 3. The van der Waals surface area contributed by atoms with Crippen LogP contribution < -0.4 is 15.5 Å². The molecule has 9 heteroatoms. The number of carbonyl (C=O) groups excluding carboxylic acids is 2. The van der Waals surface area contributed by atoms with Crippen LogP contribution in [0.5, 0.6) is 5.75 Å². The van der Waals surface area contributed by atoms with Gasteiger partial charge in [0.15, 0.2) is 0 Å². The number of nitrogens with one attached hydrogen (secondary N) is 2. The van der Waals surface area contributed by atoms with Gasteiger partial charge in [-0.1, -0.05) is 36.4 Å². The number of hydrogen-bond acceptors (Lipinski definition) is 5. The highest BCUT2D eigenvalue weighted by atomic mass is 16.7. The average Bonchev–Trinajstić information content (AvgIpc) is 3.37. The number of ether oxygens (including phenoxy) is 1. The molecule has 37 heavy (non-hydrogen) atoms. The molecule has 0 aliphatic carbocycles. The predicted molar refractivity (Wildman–Crippen MR) is 138 cm³/mol. The Hall–Kier alpha value is -4.37. The van der Waals surface area contributed by atoms with Gasteiger partial charge in [0.2, 0.25) is 0 Å². The van der Waals surface area contributed by atoms with E-state index >= 15 is 0 Å². The molecule has 188 valence electrons. The Kier molecular flexibility index (Phi) is 5.38. The number of benzene rings is 3. The van der Waals surface area contributed by atoms with E-state index in [1.54, 1.807) is 18.1 Å². The zero-order valence-electron chi connectivity index (χ0n) is 20.9. The molecule has 1 atom stereocenters. The van der Waals surface area contributed by atoms with Gasteiger partial charge in [-0.15, -0.1) is 0 Å². The molecule has 1 saturated heterocycles. The molecule has 9 nitrogen and oxygen atoms in total. The molecule has 0 radical (unpaired) electrons. The van der Waals surface area contributed by atoms with E-state index in [-0.39, 0.29) is 19.1 Å². The first kappa shape index (κ1) is 23.1. The second-order valence-corrected chi connectivity index (χ2v) is 9.63. The Balaban J connectivity index is 1.32. The van der Waals surface area contributed by atoms with Gasteiger partial charge in [-0.2, -0.15) is 5.10 Å². The summed E-state index contributed by atoms with van der Waals surface area (Å²) in [5, 5.41) is 8.66. The highest BCUT2D eigenvalue weighted by Gasteiger charge is 2.42. The van der Waals surface area contributed by atoms with E-state index in [1.807, 2.05) is 55.1 Å². The quantitative estimate of drug-likeness (QED) is 0.439. The lowest BCUT2D eigenvalue weighted by molar-refractivity contribution is -0.0221. The number of urea groups is 1. The Bertz CT molecular complexity index is 1540. The summed E-state index contributed by atoms with van der Waals surface area (Å²) in [5.74, 6) is 0.537. The Morgan fingerprint density at radius 1 is 1.05 bits per heavy atom. The fourth-order valence-electron chi connectivity index (χ4n) is 5.36. The third-order valence-corrected chi connectivity index (χ3v) is 7.30. The summed E-state index contributed by atoms with van der Waals surface area (Å²) in [4.78, 5) is 32.8. The summed E-state index contributed by atoms with van der Waals surface area (Å²) in [5.41, 5.74) is 8.04. The molecule has 3 aromatic carbocycles. The van der Waals surface area contributed by atoms with Crippen molar-refractivity contribution in [3.8, 4) is 16.9 Å². The molecule has 0 spiro atoms. The van der Waals surface area contributed by atoms with Gasteiger partial charge in [-0.05, 0) is 53.4 Å². The van der Waals surface area contributed by atoms with Crippen LogP contribution in [0.2, 0.25) is 0 Å². The number of aryl methyl sites for hydroxylation is 2. The van der Waals surface area contributed by atoms with Gasteiger partial charge in [0.1, 0.15) is 17.9 Å². The van der Waals surface area contributed by atoms with Crippen molar-refractivity contribution in [3.05, 3.63) is 83.0 Å². The third-order valence-electron chi connectivity index (χ3n) is 7.30. The number of hydrogen-bond donors (Lipinski definition) is 2. The first-order valence-electron chi connectivity index (χ1n) is 12.1. The number of methoxy groups -OCH3 is 1. The summed E-state index contributed by atoms with van der Waals surface area (Å²) in [6.45, 7) is 2.89. The van der Waals surface area contributed by atoms with Crippen LogP contribution in [0.4, 0.5) is 4.79 Å². The lowest BCUT2D eigenvalue weighted by atomic mass is 9.88. The minimum atomic E-state index is -0.910. The van der Waals surface area contributed by atoms with E-state index in [1.165, 1.54) is 0 Å². The molecule has 0 saturated carbocycles. The highest BCUT2D eigenvalue weighted by molar-refractivity contribution is 5.99. The fourth-order valence-corrected chi connectivity index (χ4v) is 5.36. The Morgan fingerprint density at radius 2 is 1.84 bits per heavy atom. The maximum atomic E-state index is 13.3. The minimum absolute atomic E-state index is 0.0992. The molecule has 0 bridgehead atoms. The van der Waals surface area contributed by atoms with Crippen LogP contribution in [-0.4, -0.2) is 46.9 Å². The van der Waals surface area contributed by atoms with Crippen molar-refractivity contribution in [1.82, 2.24) is 25.5 Å². The topological polar surface area (TPSA) is 97.7 Å². The van der Waals surface area contributed by atoms with Crippen LogP contribution in [-0.2, 0) is 24.0 Å². The highest BCUT2D eigenvalue weighted by Crippen LogP contribution is 2.33. The van der Waals surface area contributed by atoms with Gasteiger partial charge in [-0.25, -0.2) is 10.3 Å². The SMILES string of the molecule is COc1ccc2c(c1)C(=O)N(C[C@]1(c3ccc(-c4ccc5c(c4)c(C)nn5C)cc3)CONC(=O)N1)C2. The zero-order chi connectivity index (χ0) is 25.7. The molecule has 4 aromatic rings. The number of aromatic nitrogens is 2. The summed E-state index contributed by atoms with van der Waals surface area (Å²) in [6.07, 6.45) is 0. The molecule has 1 fully saturated rings. The number of hydroxylamine groups is 1. The van der Waals surface area contributed by atoms with Crippen molar-refractivity contribution >= 4 is 22.8 Å². The molecule has 2 N–H and O–H groups in total. The standard InChI is InChI=1S/C28H27N5O4/c1-17-23-12-19(7-11-25(23)32(2)30-17)18-4-8-21(9-5-18)28(16-37-31-27(35)29-28)15-33-14-20-6-10-22(36-3)13-24(20)26(33)34/h4-13H,14-16H2,1-3H3,(H2,29,31,35)/t28-/m1/s1. The summed E-state index contributed by atoms with van der Waals surface area (Å²) < 4.78 is 7.18. The van der Waals surface area contributed by atoms with Crippen LogP contribution >= 0.6 is 0 Å². The van der Waals surface area contributed by atoms with Crippen LogP contribution in [0.3, 0.4) is 0 Å². The van der Waals surface area contributed by atoms with Gasteiger partial charge in [-0.3, -0.25) is 14.3 Å². The monoisotopic (exact) mass is 497 g/mol. The van der Waals surface area contributed by atoms with Crippen molar-refractivity contribution in [1.29, 1.82) is 0 Å². The van der Waals surface area contributed by atoms with Crippen molar-refractivity contribution in [2.75, 3.05) is 20.3 Å². The third kappa shape index (κ3) is 3.88. The maximum Gasteiger partial charge on any atom is 0.339 e. The van der Waals surface area contributed by atoms with Gasteiger partial charge < -0.3 is 15.0 Å². The van der Waals surface area contributed by atoms with Crippen LogP contribution in [0.1, 0.15) is 27.2 Å². The summed E-state index contributed by atoms with van der Waals surface area (Å²) in [6, 6.07) is 19.4. The van der Waals surface area contributed by atoms with E-state index < -0.39 is 11.6 Å². The van der Waals surface area contributed by atoms with E-state index in [2.05, 4.69) is 34.1 Å². The van der Waals surface area contributed by atoms with E-state index in [9.17, 15) is 9.59 Å². The number of fused-ring (bicyclic) bond motifs is 2. The lowest BCUT2D eigenvalue weighted by Crippen LogP contribution is -2.62. The first-order chi connectivity index (χ1) is 17.9. The molecule has 3 amide bonds. The summed E-state index contributed by atoms with van der Waals surface area (Å²) >= 11 is 0. The molecule has 0 unspecified atom stereocenters. The number of carbonyl (C=O) groups is 2. The van der Waals surface area contributed by atoms with Crippen LogP contribution in [0, 0.1) is 6.92 Å². The van der Waals surface area contributed by atoms with E-state index in [4.69, 9.17) is 9.57 Å². The van der Waals surface area contributed by atoms with E-state index in [0.29, 0.717) is 17.9 Å². The van der Waals surface area contributed by atoms with Crippen molar-refractivity contribution < 1.29 is 19.2 Å². The van der Waals surface area contributed by atoms with Gasteiger partial charge in [0.25, 0.3) is 5.91 Å². The predicted octanol–water partition coefficient (Wildman–Crippen LogP) is 3.65. The molecular formula is C28H27N5O4. The number of amides is 3. The molecule has 2 aliphatic heterocycles. The van der Waals surface area contributed by atoms with Crippen LogP contribution in [0.25, 0.3) is 22.0 Å². The number of rotatable bonds is 5. The van der Waals surface area contributed by atoms with Gasteiger partial charge in [0, 0.05) is 24.5 Å². The average molecular weight is 498 g/mol. The normalized spacial score (nSPS) is 19.1. The van der Waals surface area contributed by atoms with Crippen molar-refractivity contribution in [2.24, 2.45) is 7.05 Å².